The quantitative estimate of drug-likeness (QED) is 0.744. The van der Waals surface area contributed by atoms with Crippen LogP contribution < -0.4 is 5.32 Å². The summed E-state index contributed by atoms with van der Waals surface area (Å²) in [4.78, 5) is 10.9. The molecule has 4 nitrogen and oxygen atoms in total. The monoisotopic (exact) mass is 215 g/mol. The van der Waals surface area contributed by atoms with Crippen molar-refractivity contribution in [2.75, 3.05) is 13.2 Å². The van der Waals surface area contributed by atoms with Gasteiger partial charge in [-0.3, -0.25) is 4.79 Å². The van der Waals surface area contributed by atoms with Crippen LogP contribution in [0.15, 0.2) is 0 Å². The molecule has 2 N–H and O–H groups in total. The third-order valence-electron chi connectivity index (χ3n) is 2.88. The molecule has 1 heterocycles. The van der Waals surface area contributed by atoms with Crippen LogP contribution in [0.4, 0.5) is 0 Å². The Morgan fingerprint density at radius 1 is 1.53 bits per heavy atom. The van der Waals surface area contributed by atoms with Gasteiger partial charge in [-0.25, -0.2) is 0 Å². The van der Waals surface area contributed by atoms with E-state index in [4.69, 9.17) is 9.84 Å². The molecule has 0 saturated carbocycles. The molecule has 1 atom stereocenters. The number of hydrogen-bond donors (Lipinski definition) is 2. The maximum Gasteiger partial charge on any atom is 0.305 e. The molecular weight excluding hydrogens is 194 g/mol. The Balaban J connectivity index is 2.75. The van der Waals surface area contributed by atoms with Crippen molar-refractivity contribution in [2.45, 2.75) is 51.2 Å². The van der Waals surface area contributed by atoms with Crippen LogP contribution in [-0.2, 0) is 9.53 Å². The second-order valence-electron chi connectivity index (χ2n) is 4.92. The van der Waals surface area contributed by atoms with Crippen LogP contribution in [0.25, 0.3) is 0 Å². The molecular formula is C11H21NO3. The van der Waals surface area contributed by atoms with E-state index < -0.39 is 5.97 Å². The second-order valence-corrected chi connectivity index (χ2v) is 4.92. The van der Waals surface area contributed by atoms with Gasteiger partial charge in [0.1, 0.15) is 0 Å². The summed E-state index contributed by atoms with van der Waals surface area (Å²) in [5.74, 6) is -0.742. The van der Waals surface area contributed by atoms with Gasteiger partial charge in [-0.15, -0.1) is 0 Å². The van der Waals surface area contributed by atoms with Gasteiger partial charge in [-0.1, -0.05) is 6.92 Å². The molecule has 0 aromatic carbocycles. The molecule has 1 rings (SSSR count). The number of rotatable bonds is 4. The third kappa shape index (κ3) is 3.47. The summed E-state index contributed by atoms with van der Waals surface area (Å²) in [5.41, 5.74) is -0.516. The Kier molecular flexibility index (Phi) is 3.73. The van der Waals surface area contributed by atoms with Crippen molar-refractivity contribution in [1.82, 2.24) is 5.32 Å². The van der Waals surface area contributed by atoms with E-state index >= 15 is 0 Å². The number of carbonyl (C=O) groups is 1. The molecule has 0 aromatic heterocycles. The zero-order chi connectivity index (χ0) is 11.5. The zero-order valence-electron chi connectivity index (χ0n) is 9.80. The summed E-state index contributed by atoms with van der Waals surface area (Å²) in [7, 11) is 0. The molecule has 1 unspecified atom stereocenters. The molecule has 1 aliphatic heterocycles. The first kappa shape index (κ1) is 12.5. The minimum atomic E-state index is -0.742. The zero-order valence-corrected chi connectivity index (χ0v) is 9.80. The average Bonchev–Trinajstić information content (AvgIpc) is 1.99. The maximum absolute atomic E-state index is 10.9. The predicted molar refractivity (Wildman–Crippen MR) is 57.9 cm³/mol. The van der Waals surface area contributed by atoms with Crippen molar-refractivity contribution in [1.29, 1.82) is 0 Å². The number of carboxylic acid groups (broad SMARTS) is 1. The fraction of sp³-hybridized carbons (Fsp3) is 0.909. The molecule has 4 heteroatoms. The molecule has 0 spiro atoms. The lowest BCUT2D eigenvalue weighted by molar-refractivity contribution is -0.142. The molecule has 1 saturated heterocycles. The van der Waals surface area contributed by atoms with Crippen LogP contribution in [0.1, 0.15) is 40.0 Å². The van der Waals surface area contributed by atoms with Crippen LogP contribution in [0.3, 0.4) is 0 Å². The van der Waals surface area contributed by atoms with Gasteiger partial charge >= 0.3 is 5.97 Å². The standard InChI is InChI=1S/C11H21NO3/c1-4-12-11(7-9(13)14)5-6-15-10(2,3)8-11/h12H,4-8H2,1-3H3,(H,13,14). The van der Waals surface area contributed by atoms with Gasteiger partial charge in [0.05, 0.1) is 12.0 Å². The first-order chi connectivity index (χ1) is 6.89. The Hall–Kier alpha value is -0.610. The topological polar surface area (TPSA) is 58.6 Å². The predicted octanol–water partition coefficient (Wildman–Crippen LogP) is 1.40. The summed E-state index contributed by atoms with van der Waals surface area (Å²) >= 11 is 0. The summed E-state index contributed by atoms with van der Waals surface area (Å²) < 4.78 is 5.62. The Bertz CT molecular complexity index is 236. The molecule has 15 heavy (non-hydrogen) atoms. The summed E-state index contributed by atoms with van der Waals surface area (Å²) in [6.45, 7) is 7.46. The lowest BCUT2D eigenvalue weighted by atomic mass is 9.79. The number of ether oxygens (including phenoxy) is 1. The molecule has 88 valence electrons. The minimum absolute atomic E-state index is 0.174. The average molecular weight is 215 g/mol. The van der Waals surface area contributed by atoms with E-state index in [-0.39, 0.29) is 17.6 Å². The highest BCUT2D eigenvalue weighted by Gasteiger charge is 2.41. The Morgan fingerprint density at radius 2 is 2.20 bits per heavy atom. The molecule has 0 amide bonds. The summed E-state index contributed by atoms with van der Waals surface area (Å²) in [6.07, 6.45) is 1.70. The van der Waals surface area contributed by atoms with Gasteiger partial charge < -0.3 is 15.2 Å². The van der Waals surface area contributed by atoms with E-state index in [1.807, 2.05) is 20.8 Å². The summed E-state index contributed by atoms with van der Waals surface area (Å²) in [5, 5.41) is 12.3. The van der Waals surface area contributed by atoms with Gasteiger partial charge in [0.15, 0.2) is 0 Å². The highest BCUT2D eigenvalue weighted by atomic mass is 16.5. The smallest absolute Gasteiger partial charge is 0.305 e. The molecule has 1 fully saturated rings. The first-order valence-corrected chi connectivity index (χ1v) is 5.50. The molecule has 0 aromatic rings. The van der Waals surface area contributed by atoms with E-state index in [9.17, 15) is 4.79 Å². The van der Waals surface area contributed by atoms with Crippen molar-refractivity contribution in [3.05, 3.63) is 0 Å². The van der Waals surface area contributed by atoms with Gasteiger partial charge in [-0.2, -0.15) is 0 Å². The van der Waals surface area contributed by atoms with E-state index in [1.165, 1.54) is 0 Å². The highest BCUT2D eigenvalue weighted by Crippen LogP contribution is 2.34. The number of nitrogens with one attached hydrogen (secondary N) is 1. The normalized spacial score (nSPS) is 30.1. The maximum atomic E-state index is 10.9. The summed E-state index contributed by atoms with van der Waals surface area (Å²) in [6, 6.07) is 0. The van der Waals surface area contributed by atoms with Crippen molar-refractivity contribution in [2.24, 2.45) is 0 Å². The molecule has 0 aliphatic carbocycles. The SMILES string of the molecule is CCNC1(CC(=O)O)CCOC(C)(C)C1. The number of hydrogen-bond acceptors (Lipinski definition) is 3. The second kappa shape index (κ2) is 4.49. The first-order valence-electron chi connectivity index (χ1n) is 5.50. The highest BCUT2D eigenvalue weighted by molar-refractivity contribution is 5.68. The van der Waals surface area contributed by atoms with Crippen molar-refractivity contribution >= 4 is 5.97 Å². The lowest BCUT2D eigenvalue weighted by Crippen LogP contribution is -2.55. The fourth-order valence-electron chi connectivity index (χ4n) is 2.51. The molecule has 0 radical (unpaired) electrons. The van der Waals surface area contributed by atoms with E-state index in [0.717, 1.165) is 19.4 Å². The van der Waals surface area contributed by atoms with Crippen LogP contribution in [-0.4, -0.2) is 35.4 Å². The third-order valence-corrected chi connectivity index (χ3v) is 2.88. The number of aliphatic carboxylic acids is 1. The van der Waals surface area contributed by atoms with Crippen LogP contribution in [0, 0.1) is 0 Å². The van der Waals surface area contributed by atoms with E-state index in [2.05, 4.69) is 5.32 Å². The van der Waals surface area contributed by atoms with Gasteiger partial charge in [0.25, 0.3) is 0 Å². The largest absolute Gasteiger partial charge is 0.481 e. The lowest BCUT2D eigenvalue weighted by Gasteiger charge is -2.44. The fourth-order valence-corrected chi connectivity index (χ4v) is 2.51. The molecule has 1 aliphatic rings. The van der Waals surface area contributed by atoms with E-state index in [1.54, 1.807) is 0 Å². The van der Waals surface area contributed by atoms with Gasteiger partial charge in [-0.05, 0) is 33.2 Å². The van der Waals surface area contributed by atoms with Crippen LogP contribution >= 0.6 is 0 Å². The molecule has 0 bridgehead atoms. The van der Waals surface area contributed by atoms with Crippen molar-refractivity contribution < 1.29 is 14.6 Å². The van der Waals surface area contributed by atoms with E-state index in [0.29, 0.717) is 6.61 Å². The Morgan fingerprint density at radius 3 is 2.67 bits per heavy atom. The van der Waals surface area contributed by atoms with Gasteiger partial charge in [0, 0.05) is 12.1 Å². The Labute approximate surface area is 91.0 Å². The van der Waals surface area contributed by atoms with Gasteiger partial charge in [0.2, 0.25) is 0 Å². The number of carboxylic acids is 1. The van der Waals surface area contributed by atoms with Crippen molar-refractivity contribution in [3.8, 4) is 0 Å². The van der Waals surface area contributed by atoms with Crippen LogP contribution in [0.5, 0.6) is 0 Å². The van der Waals surface area contributed by atoms with Crippen molar-refractivity contribution in [3.63, 3.8) is 0 Å². The minimum Gasteiger partial charge on any atom is -0.481 e. The van der Waals surface area contributed by atoms with Crippen LogP contribution in [0.2, 0.25) is 0 Å².